The molecule has 0 saturated carbocycles. The molecular weight excluding hydrogens is 244 g/mol. The second-order valence-corrected chi connectivity index (χ2v) is 5.22. The molecule has 0 saturated heterocycles. The van der Waals surface area contributed by atoms with Gasteiger partial charge < -0.3 is 0 Å². The molecule has 3 nitrogen and oxygen atoms in total. The minimum atomic E-state index is -0.106. The van der Waals surface area contributed by atoms with Crippen molar-refractivity contribution in [3.05, 3.63) is 57.8 Å². The van der Waals surface area contributed by atoms with E-state index in [1.54, 1.807) is 17.6 Å². The number of aryl methyl sites for hydroxylation is 1. The first kappa shape index (κ1) is 12.5. The molecule has 0 aliphatic heterocycles. The highest BCUT2D eigenvalue weighted by Crippen LogP contribution is 2.12. The van der Waals surface area contributed by atoms with Gasteiger partial charge in [0.15, 0.2) is 0 Å². The predicted molar refractivity (Wildman–Crippen MR) is 74.9 cm³/mol. The standard InChI is InChI=1S/C14H14N2OS/c1-11-7-8-13(18-11)10-15-16-14(17)9-12-5-3-2-4-6-12/h2-8,10H,9H2,1H3,(H,16,17). The molecule has 2 aromatic rings. The topological polar surface area (TPSA) is 41.5 Å². The third-order valence-corrected chi connectivity index (χ3v) is 3.28. The smallest absolute Gasteiger partial charge is 0.244 e. The summed E-state index contributed by atoms with van der Waals surface area (Å²) in [5, 5.41) is 3.94. The van der Waals surface area contributed by atoms with Crippen LogP contribution in [0.25, 0.3) is 0 Å². The van der Waals surface area contributed by atoms with Crippen LogP contribution in [0.5, 0.6) is 0 Å². The number of hydrogen-bond acceptors (Lipinski definition) is 3. The van der Waals surface area contributed by atoms with Crippen LogP contribution in [0.4, 0.5) is 0 Å². The zero-order valence-electron chi connectivity index (χ0n) is 10.1. The summed E-state index contributed by atoms with van der Waals surface area (Å²) in [5.74, 6) is -0.106. The number of amides is 1. The van der Waals surface area contributed by atoms with Crippen LogP contribution in [-0.4, -0.2) is 12.1 Å². The third-order valence-electron chi connectivity index (χ3n) is 2.35. The Balaban J connectivity index is 1.83. The van der Waals surface area contributed by atoms with E-state index < -0.39 is 0 Å². The summed E-state index contributed by atoms with van der Waals surface area (Å²) in [6.07, 6.45) is 2.02. The number of carbonyl (C=O) groups excluding carboxylic acids is 1. The molecule has 1 aromatic heterocycles. The van der Waals surface area contributed by atoms with Crippen LogP contribution in [0.2, 0.25) is 0 Å². The molecule has 0 aliphatic carbocycles. The molecular formula is C14H14N2OS. The van der Waals surface area contributed by atoms with E-state index in [9.17, 15) is 4.79 Å². The number of nitrogens with one attached hydrogen (secondary N) is 1. The molecule has 0 fully saturated rings. The summed E-state index contributed by atoms with van der Waals surface area (Å²) in [5.41, 5.74) is 3.51. The Kier molecular flexibility index (Phi) is 4.25. The SMILES string of the molecule is Cc1ccc(C=NNC(=O)Cc2ccccc2)s1. The Labute approximate surface area is 110 Å². The lowest BCUT2D eigenvalue weighted by molar-refractivity contribution is -0.120. The summed E-state index contributed by atoms with van der Waals surface area (Å²) in [7, 11) is 0. The van der Waals surface area contributed by atoms with Crippen LogP contribution >= 0.6 is 11.3 Å². The number of hydrogen-bond donors (Lipinski definition) is 1. The van der Waals surface area contributed by atoms with Gasteiger partial charge in [0.25, 0.3) is 0 Å². The maximum atomic E-state index is 11.6. The van der Waals surface area contributed by atoms with Crippen LogP contribution in [0, 0.1) is 6.92 Å². The lowest BCUT2D eigenvalue weighted by Gasteiger charge is -1.99. The molecule has 2 rings (SSSR count). The van der Waals surface area contributed by atoms with Gasteiger partial charge in [-0.3, -0.25) is 4.79 Å². The molecule has 0 unspecified atom stereocenters. The number of carbonyl (C=O) groups is 1. The number of benzene rings is 1. The normalized spacial score (nSPS) is 10.7. The van der Waals surface area contributed by atoms with E-state index in [0.717, 1.165) is 10.4 Å². The van der Waals surface area contributed by atoms with E-state index in [1.165, 1.54) is 4.88 Å². The van der Waals surface area contributed by atoms with Gasteiger partial charge in [0, 0.05) is 9.75 Å². The van der Waals surface area contributed by atoms with E-state index in [-0.39, 0.29) is 5.91 Å². The highest BCUT2D eigenvalue weighted by atomic mass is 32.1. The van der Waals surface area contributed by atoms with Crippen molar-refractivity contribution in [2.45, 2.75) is 13.3 Å². The summed E-state index contributed by atoms with van der Waals surface area (Å²) in [6, 6.07) is 13.6. The van der Waals surface area contributed by atoms with E-state index in [0.29, 0.717) is 6.42 Å². The van der Waals surface area contributed by atoms with E-state index in [2.05, 4.69) is 10.5 Å². The number of thiophene rings is 1. The monoisotopic (exact) mass is 258 g/mol. The summed E-state index contributed by atoms with van der Waals surface area (Å²) < 4.78 is 0. The average Bonchev–Trinajstić information content (AvgIpc) is 2.76. The van der Waals surface area contributed by atoms with Gasteiger partial charge in [-0.15, -0.1) is 11.3 Å². The molecule has 1 heterocycles. The van der Waals surface area contributed by atoms with Crippen molar-refractivity contribution in [1.29, 1.82) is 0 Å². The first-order valence-corrected chi connectivity index (χ1v) is 6.48. The van der Waals surface area contributed by atoms with Crippen LogP contribution in [0.3, 0.4) is 0 Å². The first-order chi connectivity index (χ1) is 8.74. The summed E-state index contributed by atoms with van der Waals surface area (Å²) in [6.45, 7) is 2.04. The Morgan fingerprint density at radius 2 is 2.06 bits per heavy atom. The second kappa shape index (κ2) is 6.12. The third kappa shape index (κ3) is 3.82. The number of hydrazone groups is 1. The van der Waals surface area contributed by atoms with Crippen LogP contribution in [-0.2, 0) is 11.2 Å². The molecule has 0 aliphatic rings. The molecule has 0 radical (unpaired) electrons. The summed E-state index contributed by atoms with van der Waals surface area (Å²) >= 11 is 1.64. The summed E-state index contributed by atoms with van der Waals surface area (Å²) in [4.78, 5) is 13.8. The van der Waals surface area contributed by atoms with Gasteiger partial charge in [0.1, 0.15) is 0 Å². The number of rotatable bonds is 4. The average molecular weight is 258 g/mol. The second-order valence-electron chi connectivity index (χ2n) is 3.90. The van der Waals surface area contributed by atoms with Crippen molar-refractivity contribution >= 4 is 23.5 Å². The van der Waals surface area contributed by atoms with Crippen molar-refractivity contribution in [2.75, 3.05) is 0 Å². The van der Waals surface area contributed by atoms with Gasteiger partial charge in [0.05, 0.1) is 12.6 Å². The fourth-order valence-corrected chi connectivity index (χ4v) is 2.26. The minimum absolute atomic E-state index is 0.106. The Bertz CT molecular complexity index is 546. The van der Waals surface area contributed by atoms with E-state index >= 15 is 0 Å². The Hall–Kier alpha value is -1.94. The van der Waals surface area contributed by atoms with Gasteiger partial charge in [0.2, 0.25) is 5.91 Å². The highest BCUT2D eigenvalue weighted by Gasteiger charge is 2.00. The van der Waals surface area contributed by atoms with Crippen molar-refractivity contribution in [1.82, 2.24) is 5.43 Å². The lowest BCUT2D eigenvalue weighted by Crippen LogP contribution is -2.19. The Morgan fingerprint density at radius 3 is 2.72 bits per heavy atom. The van der Waals surface area contributed by atoms with Crippen LogP contribution in [0.1, 0.15) is 15.3 Å². The maximum absolute atomic E-state index is 11.6. The lowest BCUT2D eigenvalue weighted by atomic mass is 10.1. The van der Waals surface area contributed by atoms with Gasteiger partial charge in [-0.05, 0) is 24.6 Å². The largest absolute Gasteiger partial charge is 0.273 e. The van der Waals surface area contributed by atoms with Crippen LogP contribution in [0.15, 0.2) is 47.6 Å². The Morgan fingerprint density at radius 1 is 1.28 bits per heavy atom. The molecule has 0 spiro atoms. The molecule has 4 heteroatoms. The zero-order chi connectivity index (χ0) is 12.8. The van der Waals surface area contributed by atoms with Crippen molar-refractivity contribution < 1.29 is 4.79 Å². The van der Waals surface area contributed by atoms with E-state index in [1.807, 2.05) is 49.4 Å². The van der Waals surface area contributed by atoms with E-state index in [4.69, 9.17) is 0 Å². The van der Waals surface area contributed by atoms with Crippen molar-refractivity contribution in [3.63, 3.8) is 0 Å². The highest BCUT2D eigenvalue weighted by molar-refractivity contribution is 7.13. The van der Waals surface area contributed by atoms with Crippen LogP contribution < -0.4 is 5.43 Å². The quantitative estimate of drug-likeness (QED) is 0.665. The van der Waals surface area contributed by atoms with Crippen molar-refractivity contribution in [3.8, 4) is 0 Å². The molecule has 1 N–H and O–H groups in total. The molecule has 1 amide bonds. The molecule has 0 bridgehead atoms. The fraction of sp³-hybridized carbons (Fsp3) is 0.143. The molecule has 1 aromatic carbocycles. The van der Waals surface area contributed by atoms with Gasteiger partial charge >= 0.3 is 0 Å². The first-order valence-electron chi connectivity index (χ1n) is 5.66. The predicted octanol–water partition coefficient (Wildman–Crippen LogP) is 2.75. The van der Waals surface area contributed by atoms with Gasteiger partial charge in [-0.25, -0.2) is 5.43 Å². The van der Waals surface area contributed by atoms with Gasteiger partial charge in [-0.2, -0.15) is 5.10 Å². The zero-order valence-corrected chi connectivity index (χ0v) is 10.9. The number of nitrogens with zero attached hydrogens (tertiary/aromatic N) is 1. The van der Waals surface area contributed by atoms with Gasteiger partial charge in [-0.1, -0.05) is 30.3 Å². The molecule has 92 valence electrons. The minimum Gasteiger partial charge on any atom is -0.273 e. The molecule has 18 heavy (non-hydrogen) atoms. The van der Waals surface area contributed by atoms with Crippen molar-refractivity contribution in [2.24, 2.45) is 5.10 Å². The fourth-order valence-electron chi connectivity index (χ4n) is 1.51. The molecule has 0 atom stereocenters. The maximum Gasteiger partial charge on any atom is 0.244 e.